The first-order valence-electron chi connectivity index (χ1n) is 8.41. The summed E-state index contributed by atoms with van der Waals surface area (Å²) in [5, 5.41) is 11.4. The Bertz CT molecular complexity index is 973. The largest absolute Gasteiger partial charge is 0.454 e. The lowest BCUT2D eigenvalue weighted by atomic mass is 10.2. The van der Waals surface area contributed by atoms with E-state index in [1.165, 1.54) is 0 Å². The van der Waals surface area contributed by atoms with Crippen LogP contribution in [-0.2, 0) is 17.8 Å². The second kappa shape index (κ2) is 7.67. The predicted molar refractivity (Wildman–Crippen MR) is 97.5 cm³/mol. The minimum atomic E-state index is -0.106. The Morgan fingerprint density at radius 2 is 1.96 bits per heavy atom. The van der Waals surface area contributed by atoms with Gasteiger partial charge in [-0.2, -0.15) is 0 Å². The van der Waals surface area contributed by atoms with Gasteiger partial charge in [-0.3, -0.25) is 4.79 Å². The number of aromatic nitrogens is 2. The van der Waals surface area contributed by atoms with E-state index in [4.69, 9.17) is 25.5 Å². The van der Waals surface area contributed by atoms with E-state index in [1.54, 1.807) is 12.1 Å². The number of hydrogen-bond acceptors (Lipinski definition) is 6. The molecule has 1 aliphatic heterocycles. The number of ether oxygens (including phenoxy) is 2. The number of carbonyl (C=O) groups excluding carboxylic acids is 1. The fourth-order valence-electron chi connectivity index (χ4n) is 2.66. The summed E-state index contributed by atoms with van der Waals surface area (Å²) in [6, 6.07) is 12.8. The lowest BCUT2D eigenvalue weighted by Gasteiger charge is -2.05. The molecule has 0 radical (unpaired) electrons. The normalized spacial score (nSPS) is 12.2. The van der Waals surface area contributed by atoms with Crippen LogP contribution in [0.5, 0.6) is 11.5 Å². The number of hydrogen-bond donors (Lipinski definition) is 1. The lowest BCUT2D eigenvalue weighted by molar-refractivity contribution is -0.121. The van der Waals surface area contributed by atoms with Crippen LogP contribution in [0, 0.1) is 0 Å². The predicted octanol–water partition coefficient (Wildman–Crippen LogP) is 3.37. The molecule has 0 fully saturated rings. The number of amides is 1. The Labute approximate surface area is 160 Å². The highest BCUT2D eigenvalue weighted by Gasteiger charge is 2.14. The minimum absolute atomic E-state index is 0.106. The second-order valence-electron chi connectivity index (χ2n) is 5.95. The molecule has 0 bridgehead atoms. The van der Waals surface area contributed by atoms with Crippen molar-refractivity contribution in [2.75, 3.05) is 6.79 Å². The molecule has 7 nitrogen and oxygen atoms in total. The van der Waals surface area contributed by atoms with Crippen LogP contribution >= 0.6 is 11.6 Å². The van der Waals surface area contributed by atoms with Gasteiger partial charge in [-0.1, -0.05) is 29.8 Å². The van der Waals surface area contributed by atoms with E-state index in [2.05, 4.69) is 15.5 Å². The van der Waals surface area contributed by atoms with Crippen molar-refractivity contribution in [3.63, 3.8) is 0 Å². The molecular weight excluding hydrogens is 370 g/mol. The summed E-state index contributed by atoms with van der Waals surface area (Å²) in [6.07, 6.45) is 0.596. The molecule has 0 unspecified atom stereocenters. The first-order valence-corrected chi connectivity index (χ1v) is 8.79. The first-order chi connectivity index (χ1) is 13.2. The van der Waals surface area contributed by atoms with Gasteiger partial charge in [0.15, 0.2) is 11.5 Å². The Morgan fingerprint density at radius 1 is 1.11 bits per heavy atom. The van der Waals surface area contributed by atoms with E-state index < -0.39 is 0 Å². The molecular formula is C19H16ClN3O4. The molecule has 3 aromatic rings. The Morgan fingerprint density at radius 3 is 2.85 bits per heavy atom. The lowest BCUT2D eigenvalue weighted by Crippen LogP contribution is -2.23. The Balaban J connectivity index is 1.29. The van der Waals surface area contributed by atoms with Gasteiger partial charge in [0.2, 0.25) is 24.5 Å². The molecule has 4 rings (SSSR count). The number of aryl methyl sites for hydroxylation is 1. The van der Waals surface area contributed by atoms with E-state index in [1.807, 2.05) is 30.3 Å². The van der Waals surface area contributed by atoms with Gasteiger partial charge >= 0.3 is 0 Å². The molecule has 1 amide bonds. The van der Waals surface area contributed by atoms with E-state index in [9.17, 15) is 4.79 Å². The second-order valence-corrected chi connectivity index (χ2v) is 6.35. The van der Waals surface area contributed by atoms with E-state index in [0.717, 1.165) is 11.3 Å². The molecule has 1 aromatic heterocycles. The van der Waals surface area contributed by atoms with Gasteiger partial charge in [0.1, 0.15) is 0 Å². The third-order valence-electron chi connectivity index (χ3n) is 4.06. The van der Waals surface area contributed by atoms with Crippen molar-refractivity contribution in [1.29, 1.82) is 0 Å². The van der Waals surface area contributed by atoms with Crippen LogP contribution in [0.25, 0.3) is 11.5 Å². The summed E-state index contributed by atoms with van der Waals surface area (Å²) in [4.78, 5) is 12.1. The number of halogens is 1. The smallest absolute Gasteiger partial charge is 0.249 e. The molecule has 2 heterocycles. The van der Waals surface area contributed by atoms with E-state index >= 15 is 0 Å². The van der Waals surface area contributed by atoms with Crippen LogP contribution in [0.1, 0.15) is 17.9 Å². The minimum Gasteiger partial charge on any atom is -0.454 e. The summed E-state index contributed by atoms with van der Waals surface area (Å²) < 4.78 is 16.2. The highest BCUT2D eigenvalue weighted by Crippen LogP contribution is 2.32. The van der Waals surface area contributed by atoms with Crippen LogP contribution in [0.15, 0.2) is 46.9 Å². The van der Waals surface area contributed by atoms with Crippen LogP contribution in [0.4, 0.5) is 0 Å². The molecule has 0 spiro atoms. The molecule has 27 heavy (non-hydrogen) atoms. The molecule has 1 aliphatic rings. The van der Waals surface area contributed by atoms with Crippen molar-refractivity contribution < 1.29 is 18.7 Å². The first kappa shape index (κ1) is 17.4. The topological polar surface area (TPSA) is 86.5 Å². The third kappa shape index (κ3) is 4.03. The van der Waals surface area contributed by atoms with Crippen LogP contribution < -0.4 is 14.8 Å². The summed E-state index contributed by atoms with van der Waals surface area (Å²) in [5.74, 6) is 2.04. The fourth-order valence-corrected chi connectivity index (χ4v) is 2.88. The monoisotopic (exact) mass is 385 g/mol. The fraction of sp³-hybridized carbons (Fsp3) is 0.211. The number of nitrogens with one attached hydrogen (secondary N) is 1. The van der Waals surface area contributed by atoms with Gasteiger partial charge in [-0.05, 0) is 29.8 Å². The van der Waals surface area contributed by atoms with Gasteiger partial charge in [-0.15, -0.1) is 10.2 Å². The number of fused-ring (bicyclic) bond motifs is 1. The zero-order valence-corrected chi connectivity index (χ0v) is 15.0. The number of carbonyl (C=O) groups is 1. The number of benzene rings is 2. The van der Waals surface area contributed by atoms with Crippen molar-refractivity contribution in [3.05, 3.63) is 58.9 Å². The van der Waals surface area contributed by atoms with Gasteiger partial charge in [-0.25, -0.2) is 0 Å². The standard InChI is InChI=1S/C19H16ClN3O4/c20-14-4-2-1-3-13(14)19-23-22-18(27-19)8-7-17(24)21-10-12-5-6-15-16(9-12)26-11-25-15/h1-6,9H,7-8,10-11H2,(H,21,24). The van der Waals surface area contributed by atoms with Crippen molar-refractivity contribution in [2.24, 2.45) is 0 Å². The van der Waals surface area contributed by atoms with Crippen LogP contribution in [0.3, 0.4) is 0 Å². The molecule has 0 atom stereocenters. The zero-order chi connectivity index (χ0) is 18.6. The molecule has 0 aliphatic carbocycles. The van der Waals surface area contributed by atoms with Gasteiger partial charge in [0.25, 0.3) is 0 Å². The average molecular weight is 386 g/mol. The summed E-state index contributed by atoms with van der Waals surface area (Å²) in [6.45, 7) is 0.635. The maximum absolute atomic E-state index is 12.1. The SMILES string of the molecule is O=C(CCc1nnc(-c2ccccc2Cl)o1)NCc1ccc2c(c1)OCO2. The van der Waals surface area contributed by atoms with E-state index in [-0.39, 0.29) is 19.1 Å². The number of nitrogens with zero attached hydrogens (tertiary/aromatic N) is 2. The third-order valence-corrected chi connectivity index (χ3v) is 4.39. The zero-order valence-electron chi connectivity index (χ0n) is 14.3. The molecule has 2 aromatic carbocycles. The molecule has 138 valence electrons. The molecule has 0 saturated heterocycles. The summed E-state index contributed by atoms with van der Waals surface area (Å²) in [5.41, 5.74) is 1.61. The average Bonchev–Trinajstić information content (AvgIpc) is 3.34. The van der Waals surface area contributed by atoms with Crippen LogP contribution in [-0.4, -0.2) is 22.9 Å². The van der Waals surface area contributed by atoms with Crippen molar-refractivity contribution in [2.45, 2.75) is 19.4 Å². The van der Waals surface area contributed by atoms with Crippen molar-refractivity contribution in [1.82, 2.24) is 15.5 Å². The number of rotatable bonds is 6. The Kier molecular flexibility index (Phi) is 4.93. The maximum Gasteiger partial charge on any atom is 0.249 e. The summed E-state index contributed by atoms with van der Waals surface area (Å²) >= 11 is 6.12. The summed E-state index contributed by atoms with van der Waals surface area (Å²) in [7, 11) is 0. The van der Waals surface area contributed by atoms with Crippen molar-refractivity contribution in [3.8, 4) is 23.0 Å². The Hall–Kier alpha value is -3.06. The van der Waals surface area contributed by atoms with Gasteiger partial charge < -0.3 is 19.2 Å². The maximum atomic E-state index is 12.1. The quantitative estimate of drug-likeness (QED) is 0.700. The van der Waals surface area contributed by atoms with E-state index in [0.29, 0.717) is 41.1 Å². The molecule has 0 saturated carbocycles. The molecule has 8 heteroatoms. The van der Waals surface area contributed by atoms with Gasteiger partial charge in [0.05, 0.1) is 10.6 Å². The van der Waals surface area contributed by atoms with Crippen LogP contribution in [0.2, 0.25) is 5.02 Å². The highest BCUT2D eigenvalue weighted by atomic mass is 35.5. The van der Waals surface area contributed by atoms with Crippen molar-refractivity contribution >= 4 is 17.5 Å². The molecule has 1 N–H and O–H groups in total. The van der Waals surface area contributed by atoms with Gasteiger partial charge in [0, 0.05) is 19.4 Å². The highest BCUT2D eigenvalue weighted by molar-refractivity contribution is 6.33.